The van der Waals surface area contributed by atoms with E-state index in [0.717, 1.165) is 34.0 Å². The molecule has 0 bridgehead atoms. The van der Waals surface area contributed by atoms with Crippen molar-refractivity contribution in [2.75, 3.05) is 10.2 Å². The van der Waals surface area contributed by atoms with Crippen LogP contribution in [0, 0.1) is 26.7 Å². The van der Waals surface area contributed by atoms with Crippen LogP contribution in [0.5, 0.6) is 0 Å². The summed E-state index contributed by atoms with van der Waals surface area (Å²) >= 11 is 12.6. The molecule has 200 valence electrons. The van der Waals surface area contributed by atoms with Crippen molar-refractivity contribution in [2.45, 2.75) is 46.7 Å². The average Bonchev–Trinajstić information content (AvgIpc) is 3.41. The van der Waals surface area contributed by atoms with E-state index < -0.39 is 0 Å². The number of para-hydroxylation sites is 1. The number of nitrogens with one attached hydrogen (secondary N) is 2. The first-order chi connectivity index (χ1) is 18.7. The quantitative estimate of drug-likeness (QED) is 0.245. The smallest absolute Gasteiger partial charge is 0.226 e. The summed E-state index contributed by atoms with van der Waals surface area (Å²) in [7, 11) is 0. The van der Waals surface area contributed by atoms with Gasteiger partial charge in [-0.1, -0.05) is 49.7 Å². The van der Waals surface area contributed by atoms with Crippen LogP contribution in [0.4, 0.5) is 11.4 Å². The van der Waals surface area contributed by atoms with Crippen LogP contribution in [-0.2, 0) is 4.79 Å². The molecule has 2 aromatic heterocycles. The number of carbonyl (C=O) groups excluding carboxylic acids is 1. The van der Waals surface area contributed by atoms with Crippen LogP contribution in [0.15, 0.2) is 72.9 Å². The van der Waals surface area contributed by atoms with E-state index in [9.17, 15) is 4.79 Å². The van der Waals surface area contributed by atoms with Crippen molar-refractivity contribution >= 4 is 46.2 Å². The third-order valence-electron chi connectivity index (χ3n) is 7.26. The number of nitrogens with zero attached hydrogens (tertiary/aromatic N) is 3. The highest BCUT2D eigenvalue weighted by Gasteiger charge is 2.42. The molecule has 1 aliphatic rings. The SMILES string of the molecule is Cc1ccccc1-n1c(C)cc([C@H]2[C@H](c3ccccn3)NC(=S)N2c2ccc(NC(=O)C(C)C)c(Cl)c2)c1C. The fraction of sp³-hybridized carbons (Fsp3) is 0.258. The zero-order chi connectivity index (χ0) is 27.8. The first-order valence-corrected chi connectivity index (χ1v) is 13.8. The minimum atomic E-state index is -0.177. The fourth-order valence-corrected chi connectivity index (χ4v) is 5.82. The minimum Gasteiger partial charge on any atom is -0.351 e. The van der Waals surface area contributed by atoms with Gasteiger partial charge in [0.2, 0.25) is 5.91 Å². The maximum atomic E-state index is 12.3. The number of aromatic nitrogens is 2. The lowest BCUT2D eigenvalue weighted by Gasteiger charge is -2.28. The Hall–Kier alpha value is -3.68. The number of thiocarbonyl (C=S) groups is 1. The maximum absolute atomic E-state index is 12.3. The Balaban J connectivity index is 1.63. The zero-order valence-electron chi connectivity index (χ0n) is 22.7. The van der Waals surface area contributed by atoms with E-state index in [2.05, 4.69) is 76.2 Å². The largest absolute Gasteiger partial charge is 0.351 e. The van der Waals surface area contributed by atoms with Crippen LogP contribution in [0.25, 0.3) is 5.69 Å². The molecule has 2 atom stereocenters. The molecule has 39 heavy (non-hydrogen) atoms. The molecule has 5 rings (SSSR count). The number of carbonyl (C=O) groups is 1. The van der Waals surface area contributed by atoms with Crippen molar-refractivity contribution in [1.82, 2.24) is 14.9 Å². The van der Waals surface area contributed by atoms with Crippen molar-refractivity contribution in [2.24, 2.45) is 5.92 Å². The number of pyridine rings is 1. The van der Waals surface area contributed by atoms with Crippen molar-refractivity contribution < 1.29 is 4.79 Å². The summed E-state index contributed by atoms with van der Waals surface area (Å²) in [4.78, 5) is 19.1. The summed E-state index contributed by atoms with van der Waals surface area (Å²) in [5.41, 5.74) is 8.09. The molecule has 8 heteroatoms. The van der Waals surface area contributed by atoms with Gasteiger partial charge in [-0.15, -0.1) is 0 Å². The average molecular weight is 558 g/mol. The molecule has 2 N–H and O–H groups in total. The van der Waals surface area contributed by atoms with Gasteiger partial charge in [0.25, 0.3) is 0 Å². The Morgan fingerprint density at radius 1 is 1.05 bits per heavy atom. The molecule has 1 aliphatic heterocycles. The Bertz CT molecular complexity index is 1550. The molecule has 0 aliphatic carbocycles. The Kier molecular flexibility index (Phi) is 7.47. The molecule has 1 fully saturated rings. The number of rotatable bonds is 6. The second-order valence-corrected chi connectivity index (χ2v) is 11.0. The number of amides is 1. The van der Waals surface area contributed by atoms with Gasteiger partial charge >= 0.3 is 0 Å². The van der Waals surface area contributed by atoms with Crippen molar-refractivity contribution in [3.05, 3.63) is 106 Å². The van der Waals surface area contributed by atoms with E-state index in [1.807, 2.05) is 50.2 Å². The third kappa shape index (κ3) is 5.04. The van der Waals surface area contributed by atoms with Gasteiger partial charge in [-0.2, -0.15) is 0 Å². The van der Waals surface area contributed by atoms with Gasteiger partial charge in [-0.25, -0.2) is 0 Å². The predicted octanol–water partition coefficient (Wildman–Crippen LogP) is 7.22. The summed E-state index contributed by atoms with van der Waals surface area (Å²) in [5.74, 6) is -0.233. The lowest BCUT2D eigenvalue weighted by molar-refractivity contribution is -0.118. The highest BCUT2D eigenvalue weighted by Crippen LogP contribution is 2.44. The normalized spacial score (nSPS) is 17.0. The molecule has 2 aromatic carbocycles. The highest BCUT2D eigenvalue weighted by atomic mass is 35.5. The molecule has 4 aromatic rings. The van der Waals surface area contributed by atoms with E-state index in [-0.39, 0.29) is 23.9 Å². The van der Waals surface area contributed by atoms with Crippen LogP contribution < -0.4 is 15.5 Å². The zero-order valence-corrected chi connectivity index (χ0v) is 24.3. The predicted molar refractivity (Wildman–Crippen MR) is 163 cm³/mol. The molecule has 0 saturated carbocycles. The molecule has 3 heterocycles. The second kappa shape index (κ2) is 10.8. The van der Waals surface area contributed by atoms with E-state index in [1.54, 1.807) is 6.20 Å². The number of hydrogen-bond acceptors (Lipinski definition) is 3. The Labute approximate surface area is 240 Å². The van der Waals surface area contributed by atoms with Gasteiger partial charge in [-0.3, -0.25) is 9.78 Å². The van der Waals surface area contributed by atoms with Crippen LogP contribution >= 0.6 is 23.8 Å². The first-order valence-electron chi connectivity index (χ1n) is 13.0. The number of anilines is 2. The summed E-state index contributed by atoms with van der Waals surface area (Å²) in [5, 5.41) is 7.48. The van der Waals surface area contributed by atoms with Gasteiger partial charge in [0.15, 0.2) is 5.11 Å². The van der Waals surface area contributed by atoms with E-state index in [1.165, 1.54) is 5.56 Å². The Morgan fingerprint density at radius 3 is 2.46 bits per heavy atom. The second-order valence-electron chi connectivity index (χ2n) is 10.3. The van der Waals surface area contributed by atoms with E-state index in [0.29, 0.717) is 15.8 Å². The Morgan fingerprint density at radius 2 is 1.79 bits per heavy atom. The number of benzene rings is 2. The summed E-state index contributed by atoms with van der Waals surface area (Å²) in [6, 6.07) is 21.9. The molecule has 0 radical (unpaired) electrons. The lowest BCUT2D eigenvalue weighted by atomic mass is 9.96. The molecule has 6 nitrogen and oxygen atoms in total. The number of aryl methyl sites for hydroxylation is 2. The van der Waals surface area contributed by atoms with Gasteiger partial charge in [0.1, 0.15) is 0 Å². The van der Waals surface area contributed by atoms with E-state index >= 15 is 0 Å². The van der Waals surface area contributed by atoms with Gasteiger partial charge in [0.05, 0.1) is 28.5 Å². The van der Waals surface area contributed by atoms with Gasteiger partial charge < -0.3 is 20.1 Å². The molecule has 1 saturated heterocycles. The van der Waals surface area contributed by atoms with Crippen molar-refractivity contribution in [3.63, 3.8) is 0 Å². The number of halogens is 1. The van der Waals surface area contributed by atoms with Crippen molar-refractivity contribution in [1.29, 1.82) is 0 Å². The number of hydrogen-bond donors (Lipinski definition) is 2. The first kappa shape index (κ1) is 26.9. The monoisotopic (exact) mass is 557 g/mol. The van der Waals surface area contributed by atoms with Crippen LogP contribution in [-0.4, -0.2) is 20.6 Å². The maximum Gasteiger partial charge on any atom is 0.226 e. The van der Waals surface area contributed by atoms with Crippen molar-refractivity contribution in [3.8, 4) is 5.69 Å². The highest BCUT2D eigenvalue weighted by molar-refractivity contribution is 7.80. The van der Waals surface area contributed by atoms with Crippen LogP contribution in [0.3, 0.4) is 0 Å². The molecule has 0 unspecified atom stereocenters. The van der Waals surface area contributed by atoms with Gasteiger partial charge in [0, 0.05) is 34.9 Å². The standard InChI is InChI=1S/C31H32ClN5OS/c1-18(2)30(38)34-25-14-13-22(17-24(25)32)37-29(28(35-31(37)39)26-11-8-9-15-33-26)23-16-20(4)36(21(23)5)27-12-7-6-10-19(27)3/h6-18,28-29H,1-5H3,(H,34,38)(H,35,39)/t28-,29-/m0/s1. The van der Waals surface area contributed by atoms with E-state index in [4.69, 9.17) is 23.8 Å². The molecule has 0 spiro atoms. The third-order valence-corrected chi connectivity index (χ3v) is 7.88. The summed E-state index contributed by atoms with van der Waals surface area (Å²) in [6.07, 6.45) is 1.81. The summed E-state index contributed by atoms with van der Waals surface area (Å²) < 4.78 is 2.30. The molecular weight excluding hydrogens is 526 g/mol. The topological polar surface area (TPSA) is 62.2 Å². The lowest BCUT2D eigenvalue weighted by Crippen LogP contribution is -2.29. The summed E-state index contributed by atoms with van der Waals surface area (Å²) in [6.45, 7) is 10.1. The molecular formula is C31H32ClN5OS. The molecule has 1 amide bonds. The van der Waals surface area contributed by atoms with Crippen LogP contribution in [0.1, 0.15) is 54.1 Å². The minimum absolute atomic E-state index is 0.0836. The van der Waals surface area contributed by atoms with Crippen LogP contribution in [0.2, 0.25) is 5.02 Å². The fourth-order valence-electron chi connectivity index (χ4n) is 5.25. The van der Waals surface area contributed by atoms with Gasteiger partial charge in [-0.05, 0) is 86.6 Å².